The molecule has 1 atom stereocenters. The molecule has 0 saturated heterocycles. The van der Waals surface area contributed by atoms with Gasteiger partial charge in [-0.15, -0.1) is 0 Å². The highest BCUT2D eigenvalue weighted by molar-refractivity contribution is 5.98. The number of hydrogen-bond donors (Lipinski definition) is 2. The van der Waals surface area contributed by atoms with Crippen molar-refractivity contribution >= 4 is 17.7 Å². The lowest BCUT2D eigenvalue weighted by Gasteiger charge is -2.30. The molecule has 0 aliphatic heterocycles. The molecule has 0 saturated carbocycles. The SMILES string of the molecule is CCN(CC(=O)NC(C)(C)C)C(=O)C(NC(=O)c1ccc(C(C)(C)C)cc1)C(C)C. The van der Waals surface area contributed by atoms with Gasteiger partial charge in [-0.05, 0) is 56.7 Å². The van der Waals surface area contributed by atoms with Gasteiger partial charge in [0.05, 0.1) is 6.54 Å². The number of nitrogens with one attached hydrogen (secondary N) is 2. The summed E-state index contributed by atoms with van der Waals surface area (Å²) in [7, 11) is 0. The summed E-state index contributed by atoms with van der Waals surface area (Å²) in [6.07, 6.45) is 0. The van der Waals surface area contributed by atoms with E-state index in [1.54, 1.807) is 12.1 Å². The van der Waals surface area contributed by atoms with E-state index in [2.05, 4.69) is 31.4 Å². The standard InChI is InChI=1S/C24H39N3O3/c1-10-27(15-19(28)26-24(7,8)9)22(30)20(16(2)3)25-21(29)17-11-13-18(14-12-17)23(4,5)6/h11-14,16,20H,10,15H2,1-9H3,(H,25,29)(H,26,28). The van der Waals surface area contributed by atoms with Gasteiger partial charge in [0.1, 0.15) is 6.04 Å². The molecule has 6 nitrogen and oxygen atoms in total. The molecule has 0 heterocycles. The van der Waals surface area contributed by atoms with Gasteiger partial charge in [0, 0.05) is 17.6 Å². The molecule has 0 aliphatic carbocycles. The van der Waals surface area contributed by atoms with Gasteiger partial charge in [-0.25, -0.2) is 0 Å². The first-order valence-electron chi connectivity index (χ1n) is 10.7. The van der Waals surface area contributed by atoms with E-state index in [1.807, 2.05) is 53.7 Å². The van der Waals surface area contributed by atoms with Crippen molar-refractivity contribution in [2.45, 2.75) is 79.3 Å². The lowest BCUT2D eigenvalue weighted by molar-refractivity contribution is -0.138. The zero-order valence-corrected chi connectivity index (χ0v) is 20.1. The fraction of sp³-hybridized carbons (Fsp3) is 0.625. The van der Waals surface area contributed by atoms with E-state index in [0.717, 1.165) is 5.56 Å². The van der Waals surface area contributed by atoms with Crippen molar-refractivity contribution in [1.29, 1.82) is 0 Å². The van der Waals surface area contributed by atoms with E-state index in [0.29, 0.717) is 12.1 Å². The third kappa shape index (κ3) is 7.81. The fourth-order valence-corrected chi connectivity index (χ4v) is 3.03. The predicted molar refractivity (Wildman–Crippen MR) is 121 cm³/mol. The smallest absolute Gasteiger partial charge is 0.251 e. The fourth-order valence-electron chi connectivity index (χ4n) is 3.03. The predicted octanol–water partition coefficient (Wildman–Crippen LogP) is 3.50. The first-order chi connectivity index (χ1) is 13.7. The monoisotopic (exact) mass is 417 g/mol. The van der Waals surface area contributed by atoms with Gasteiger partial charge in [-0.2, -0.15) is 0 Å². The Morgan fingerprint density at radius 1 is 0.967 bits per heavy atom. The average Bonchev–Trinajstić information content (AvgIpc) is 2.61. The lowest BCUT2D eigenvalue weighted by Crippen LogP contribution is -2.54. The number of carbonyl (C=O) groups is 3. The second-order valence-electron chi connectivity index (χ2n) is 10.2. The molecule has 1 aromatic carbocycles. The molecule has 0 aromatic heterocycles. The molecule has 0 radical (unpaired) electrons. The van der Waals surface area contributed by atoms with Crippen LogP contribution in [0.15, 0.2) is 24.3 Å². The summed E-state index contributed by atoms with van der Waals surface area (Å²) in [4.78, 5) is 39.7. The molecule has 168 valence electrons. The number of benzene rings is 1. The average molecular weight is 418 g/mol. The van der Waals surface area contributed by atoms with Crippen LogP contribution in [0.3, 0.4) is 0 Å². The minimum Gasteiger partial charge on any atom is -0.350 e. The third-order valence-corrected chi connectivity index (χ3v) is 4.77. The Balaban J connectivity index is 2.92. The Hall–Kier alpha value is -2.37. The minimum atomic E-state index is -0.706. The van der Waals surface area contributed by atoms with E-state index in [4.69, 9.17) is 0 Å². The molecule has 1 rings (SSSR count). The Morgan fingerprint density at radius 3 is 1.90 bits per heavy atom. The maximum absolute atomic E-state index is 13.1. The first-order valence-corrected chi connectivity index (χ1v) is 10.7. The van der Waals surface area contributed by atoms with Crippen LogP contribution in [0, 0.1) is 5.92 Å². The second-order valence-corrected chi connectivity index (χ2v) is 10.2. The summed E-state index contributed by atoms with van der Waals surface area (Å²) in [5.74, 6) is -0.881. The number of nitrogens with zero attached hydrogens (tertiary/aromatic N) is 1. The van der Waals surface area contributed by atoms with Gasteiger partial charge in [-0.3, -0.25) is 14.4 Å². The van der Waals surface area contributed by atoms with E-state index in [9.17, 15) is 14.4 Å². The summed E-state index contributed by atoms with van der Waals surface area (Å²) in [5, 5.41) is 5.74. The van der Waals surface area contributed by atoms with Crippen molar-refractivity contribution in [2.75, 3.05) is 13.1 Å². The lowest BCUT2D eigenvalue weighted by atomic mass is 9.86. The summed E-state index contributed by atoms with van der Waals surface area (Å²) < 4.78 is 0. The normalized spacial score (nSPS) is 13.0. The van der Waals surface area contributed by atoms with Crippen LogP contribution in [0.4, 0.5) is 0 Å². The number of likely N-dealkylation sites (N-methyl/N-ethyl adjacent to an activating group) is 1. The highest BCUT2D eigenvalue weighted by Crippen LogP contribution is 2.22. The summed E-state index contributed by atoms with van der Waals surface area (Å²) >= 11 is 0. The van der Waals surface area contributed by atoms with Crippen LogP contribution < -0.4 is 10.6 Å². The zero-order chi connectivity index (χ0) is 23.3. The highest BCUT2D eigenvalue weighted by Gasteiger charge is 2.30. The third-order valence-electron chi connectivity index (χ3n) is 4.77. The van der Waals surface area contributed by atoms with Crippen LogP contribution in [0.25, 0.3) is 0 Å². The van der Waals surface area contributed by atoms with Gasteiger partial charge < -0.3 is 15.5 Å². The van der Waals surface area contributed by atoms with Crippen LogP contribution in [-0.4, -0.2) is 47.3 Å². The Bertz CT molecular complexity index is 740. The highest BCUT2D eigenvalue weighted by atomic mass is 16.2. The number of hydrogen-bond acceptors (Lipinski definition) is 3. The number of amides is 3. The van der Waals surface area contributed by atoms with E-state index >= 15 is 0 Å². The first kappa shape index (κ1) is 25.7. The number of rotatable bonds is 7. The molecule has 30 heavy (non-hydrogen) atoms. The Labute approximate surface area is 181 Å². The Kier molecular flexibility index (Phi) is 8.64. The summed E-state index contributed by atoms with van der Waals surface area (Å²) in [6.45, 7) is 18.0. The maximum atomic E-state index is 13.1. The van der Waals surface area contributed by atoms with Crippen LogP contribution in [-0.2, 0) is 15.0 Å². The van der Waals surface area contributed by atoms with Crippen molar-refractivity contribution in [3.05, 3.63) is 35.4 Å². The van der Waals surface area contributed by atoms with Crippen molar-refractivity contribution in [3.8, 4) is 0 Å². The van der Waals surface area contributed by atoms with Gasteiger partial charge >= 0.3 is 0 Å². The van der Waals surface area contributed by atoms with Crippen LogP contribution >= 0.6 is 0 Å². The molecule has 3 amide bonds. The Morgan fingerprint density at radius 2 is 1.50 bits per heavy atom. The van der Waals surface area contributed by atoms with Gasteiger partial charge in [-0.1, -0.05) is 46.8 Å². The molecular weight excluding hydrogens is 378 g/mol. The van der Waals surface area contributed by atoms with Crippen molar-refractivity contribution in [1.82, 2.24) is 15.5 Å². The van der Waals surface area contributed by atoms with Crippen LogP contribution in [0.2, 0.25) is 0 Å². The largest absolute Gasteiger partial charge is 0.350 e. The summed E-state index contributed by atoms with van der Waals surface area (Å²) in [6, 6.07) is 6.74. The van der Waals surface area contributed by atoms with Crippen molar-refractivity contribution in [3.63, 3.8) is 0 Å². The molecular formula is C24H39N3O3. The van der Waals surface area contributed by atoms with Gasteiger partial charge in [0.25, 0.3) is 5.91 Å². The van der Waals surface area contributed by atoms with E-state index < -0.39 is 6.04 Å². The van der Waals surface area contributed by atoms with Crippen LogP contribution in [0.5, 0.6) is 0 Å². The van der Waals surface area contributed by atoms with Crippen LogP contribution in [0.1, 0.15) is 78.2 Å². The number of carbonyl (C=O) groups excluding carboxylic acids is 3. The molecule has 2 N–H and O–H groups in total. The topological polar surface area (TPSA) is 78.5 Å². The van der Waals surface area contributed by atoms with E-state index in [1.165, 1.54) is 4.90 Å². The molecule has 0 aliphatic rings. The molecule has 1 unspecified atom stereocenters. The van der Waals surface area contributed by atoms with Crippen molar-refractivity contribution < 1.29 is 14.4 Å². The van der Waals surface area contributed by atoms with Gasteiger partial charge in [0.15, 0.2) is 0 Å². The summed E-state index contributed by atoms with van der Waals surface area (Å²) in [5.41, 5.74) is 1.28. The molecule has 0 spiro atoms. The quantitative estimate of drug-likeness (QED) is 0.713. The maximum Gasteiger partial charge on any atom is 0.251 e. The molecule has 0 fully saturated rings. The minimum absolute atomic E-state index is 0.000690. The second kappa shape index (κ2) is 10.1. The van der Waals surface area contributed by atoms with Gasteiger partial charge in [0.2, 0.25) is 11.8 Å². The van der Waals surface area contributed by atoms with Crippen molar-refractivity contribution in [2.24, 2.45) is 5.92 Å². The molecule has 1 aromatic rings. The molecule has 6 heteroatoms. The zero-order valence-electron chi connectivity index (χ0n) is 20.1. The molecule has 0 bridgehead atoms. The van der Waals surface area contributed by atoms with E-state index in [-0.39, 0.29) is 41.1 Å².